The first-order valence-corrected chi connectivity index (χ1v) is 6.15. The summed E-state index contributed by atoms with van der Waals surface area (Å²) in [6.07, 6.45) is 0. The molecule has 1 nitrogen and oxygen atoms in total. The van der Waals surface area contributed by atoms with Crippen molar-refractivity contribution in [2.24, 2.45) is 0 Å². The van der Waals surface area contributed by atoms with Gasteiger partial charge in [-0.05, 0) is 0 Å². The zero-order valence-electron chi connectivity index (χ0n) is 7.68. The van der Waals surface area contributed by atoms with Gasteiger partial charge in [0, 0.05) is 0 Å². The van der Waals surface area contributed by atoms with Crippen LogP contribution in [-0.4, -0.2) is 15.0 Å². The summed E-state index contributed by atoms with van der Waals surface area (Å²) in [4.78, 5) is 0. The summed E-state index contributed by atoms with van der Waals surface area (Å²) in [6.45, 7) is 0. The van der Waals surface area contributed by atoms with Gasteiger partial charge >= 0.3 is 89.9 Å². The third kappa shape index (κ3) is 2.16. The average molecular weight is 248 g/mol. The molecule has 2 N–H and O–H groups in total. The number of hydrogen-bond donors (Lipinski definition) is 1. The van der Waals surface area contributed by atoms with Crippen LogP contribution in [0.25, 0.3) is 0 Å². The maximum absolute atomic E-state index is 5.88. The van der Waals surface area contributed by atoms with Crippen LogP contribution in [0.5, 0.6) is 0 Å². The summed E-state index contributed by atoms with van der Waals surface area (Å²) in [7, 11) is 0. The Morgan fingerprint density at radius 3 is 2.14 bits per heavy atom. The Morgan fingerprint density at radius 2 is 1.43 bits per heavy atom. The third-order valence-electron chi connectivity index (χ3n) is 1.89. The van der Waals surface area contributed by atoms with Crippen LogP contribution < -0.4 is 14.7 Å². The second-order valence-electron chi connectivity index (χ2n) is 2.95. The van der Waals surface area contributed by atoms with Crippen molar-refractivity contribution in [3.63, 3.8) is 0 Å². The molecular weight excluding hydrogens is 237 g/mol. The Hall–Kier alpha value is -1.24. The van der Waals surface area contributed by atoms with Crippen LogP contribution in [0.2, 0.25) is 0 Å². The summed E-state index contributed by atoms with van der Waals surface area (Å²) >= 11 is 0.326. The normalized spacial score (nSPS) is 10.0. The molecule has 0 heterocycles. The predicted molar refractivity (Wildman–Crippen MR) is 62.3 cm³/mol. The molecule has 0 fully saturated rings. The molecule has 0 aromatic heterocycles. The van der Waals surface area contributed by atoms with Gasteiger partial charge in [-0.3, -0.25) is 0 Å². The maximum atomic E-state index is 5.88. The second-order valence-corrected chi connectivity index (χ2v) is 5.29. The summed E-state index contributed by atoms with van der Waals surface area (Å²) in [5.41, 5.74) is 6.78. The summed E-state index contributed by atoms with van der Waals surface area (Å²) in [5.74, 6) is 0. The summed E-state index contributed by atoms with van der Waals surface area (Å²) in [5, 5.41) is 0. The van der Waals surface area contributed by atoms with E-state index in [0.29, 0.717) is 15.0 Å². The first-order chi connectivity index (χ1) is 6.86. The monoisotopic (exact) mass is 249 g/mol. The van der Waals surface area contributed by atoms with E-state index in [4.69, 9.17) is 5.73 Å². The fourth-order valence-corrected chi connectivity index (χ4v) is 3.03. The Bertz CT molecular complexity index is 412. The van der Waals surface area contributed by atoms with Crippen molar-refractivity contribution >= 4 is 29.6 Å². The zero-order valence-corrected chi connectivity index (χ0v) is 9.39. The van der Waals surface area contributed by atoms with E-state index in [1.54, 1.807) is 0 Å². The van der Waals surface area contributed by atoms with Crippen LogP contribution >= 0.6 is 0 Å². The standard InChI is InChI=1S/C12H11NSe/c13-11-8-4-5-9-12(11)14-10-6-2-1-3-7-10/h1-9H,13H2. The SMILES string of the molecule is Nc1ccccc1[Se]c1ccccc1. The molecule has 0 aliphatic rings. The van der Waals surface area contributed by atoms with Gasteiger partial charge in [-0.2, -0.15) is 0 Å². The van der Waals surface area contributed by atoms with E-state index in [1.165, 1.54) is 8.92 Å². The fraction of sp³-hybridized carbons (Fsp3) is 0. The van der Waals surface area contributed by atoms with Gasteiger partial charge in [0.1, 0.15) is 0 Å². The number of para-hydroxylation sites is 1. The van der Waals surface area contributed by atoms with Crippen LogP contribution in [0.1, 0.15) is 0 Å². The van der Waals surface area contributed by atoms with Gasteiger partial charge in [-0.1, -0.05) is 0 Å². The van der Waals surface area contributed by atoms with Gasteiger partial charge in [0.15, 0.2) is 0 Å². The van der Waals surface area contributed by atoms with Crippen LogP contribution in [0.3, 0.4) is 0 Å². The van der Waals surface area contributed by atoms with E-state index in [0.717, 1.165) is 5.69 Å². The van der Waals surface area contributed by atoms with E-state index < -0.39 is 0 Å². The van der Waals surface area contributed by atoms with Gasteiger partial charge in [-0.25, -0.2) is 0 Å². The van der Waals surface area contributed by atoms with Crippen LogP contribution in [0.15, 0.2) is 54.6 Å². The molecule has 0 saturated heterocycles. The minimum absolute atomic E-state index is 0.326. The van der Waals surface area contributed by atoms with Gasteiger partial charge < -0.3 is 0 Å². The van der Waals surface area contributed by atoms with Crippen molar-refractivity contribution in [1.82, 2.24) is 0 Å². The van der Waals surface area contributed by atoms with Gasteiger partial charge in [0.05, 0.1) is 0 Å². The first-order valence-electron chi connectivity index (χ1n) is 4.43. The molecule has 2 rings (SSSR count). The van der Waals surface area contributed by atoms with Crippen LogP contribution in [0, 0.1) is 0 Å². The van der Waals surface area contributed by atoms with Crippen molar-refractivity contribution in [1.29, 1.82) is 0 Å². The third-order valence-corrected chi connectivity index (χ3v) is 4.20. The molecule has 0 aliphatic heterocycles. The molecule has 0 radical (unpaired) electrons. The number of nitrogen functional groups attached to an aromatic ring is 1. The fourth-order valence-electron chi connectivity index (χ4n) is 1.19. The molecule has 0 aliphatic carbocycles. The predicted octanol–water partition coefficient (Wildman–Crippen LogP) is 0.924. The second kappa shape index (κ2) is 4.32. The Labute approximate surface area is 90.1 Å². The van der Waals surface area contributed by atoms with Crippen molar-refractivity contribution < 1.29 is 0 Å². The Kier molecular flexibility index (Phi) is 2.87. The van der Waals surface area contributed by atoms with Gasteiger partial charge in [0.2, 0.25) is 0 Å². The number of rotatable bonds is 2. The van der Waals surface area contributed by atoms with Crippen molar-refractivity contribution in [2.75, 3.05) is 5.73 Å². The molecule has 0 amide bonds. The quantitative estimate of drug-likeness (QED) is 0.621. The molecular formula is C12H11NSe. The molecule has 2 aromatic rings. The molecule has 0 atom stereocenters. The molecule has 0 bridgehead atoms. The van der Waals surface area contributed by atoms with E-state index in [1.807, 2.05) is 24.3 Å². The molecule has 0 unspecified atom stereocenters. The average Bonchev–Trinajstić information content (AvgIpc) is 2.23. The topological polar surface area (TPSA) is 26.0 Å². The molecule has 70 valence electrons. The zero-order chi connectivity index (χ0) is 9.80. The van der Waals surface area contributed by atoms with Gasteiger partial charge in [-0.15, -0.1) is 0 Å². The van der Waals surface area contributed by atoms with Crippen molar-refractivity contribution in [3.05, 3.63) is 54.6 Å². The van der Waals surface area contributed by atoms with Crippen LogP contribution in [0.4, 0.5) is 5.69 Å². The number of hydrogen-bond acceptors (Lipinski definition) is 1. The Morgan fingerprint density at radius 1 is 0.786 bits per heavy atom. The number of anilines is 1. The minimum atomic E-state index is 0.326. The molecule has 2 heteroatoms. The van der Waals surface area contributed by atoms with E-state index >= 15 is 0 Å². The molecule has 0 saturated carbocycles. The number of benzene rings is 2. The van der Waals surface area contributed by atoms with Crippen LogP contribution in [-0.2, 0) is 0 Å². The Balaban J connectivity index is 2.24. The van der Waals surface area contributed by atoms with Crippen molar-refractivity contribution in [2.45, 2.75) is 0 Å². The van der Waals surface area contributed by atoms with Gasteiger partial charge in [0.25, 0.3) is 0 Å². The van der Waals surface area contributed by atoms with Crippen molar-refractivity contribution in [3.8, 4) is 0 Å². The first kappa shape index (κ1) is 9.32. The summed E-state index contributed by atoms with van der Waals surface area (Å²) in [6, 6.07) is 18.5. The van der Waals surface area contributed by atoms with E-state index in [2.05, 4.69) is 30.3 Å². The number of nitrogens with two attached hydrogens (primary N) is 1. The molecule has 2 aromatic carbocycles. The summed E-state index contributed by atoms with van der Waals surface area (Å²) < 4.78 is 2.61. The van der Waals surface area contributed by atoms with E-state index in [-0.39, 0.29) is 0 Å². The molecule has 14 heavy (non-hydrogen) atoms. The van der Waals surface area contributed by atoms with E-state index in [9.17, 15) is 0 Å². The molecule has 0 spiro atoms.